The van der Waals surface area contributed by atoms with Gasteiger partial charge in [-0.3, -0.25) is 4.79 Å². The molecule has 0 aliphatic carbocycles. The molecule has 6 nitrogen and oxygen atoms in total. The van der Waals surface area contributed by atoms with Crippen molar-refractivity contribution in [2.24, 2.45) is 0 Å². The number of nitrogens with one attached hydrogen (secondary N) is 2. The van der Waals surface area contributed by atoms with Gasteiger partial charge < -0.3 is 10.6 Å². The highest BCUT2D eigenvalue weighted by Crippen LogP contribution is 2.28. The number of hydrogen-bond donors (Lipinski definition) is 2. The molecule has 24 heavy (non-hydrogen) atoms. The minimum Gasteiger partial charge on any atom is -0.346 e. The third kappa shape index (κ3) is 4.00. The van der Waals surface area contributed by atoms with Gasteiger partial charge in [-0.05, 0) is 45.0 Å². The third-order valence-electron chi connectivity index (χ3n) is 3.80. The van der Waals surface area contributed by atoms with Gasteiger partial charge in [0.2, 0.25) is 5.82 Å². The second-order valence-corrected chi connectivity index (χ2v) is 6.28. The van der Waals surface area contributed by atoms with E-state index in [1.165, 1.54) is 4.68 Å². The van der Waals surface area contributed by atoms with Gasteiger partial charge in [-0.1, -0.05) is 29.3 Å². The summed E-state index contributed by atoms with van der Waals surface area (Å²) in [7, 11) is 0. The molecule has 3 rings (SSSR count). The lowest BCUT2D eigenvalue weighted by Crippen LogP contribution is -2.43. The van der Waals surface area contributed by atoms with E-state index in [0.29, 0.717) is 21.6 Å². The molecule has 0 bridgehead atoms. The van der Waals surface area contributed by atoms with Crippen molar-refractivity contribution >= 4 is 41.5 Å². The minimum atomic E-state index is -0.276. The number of carbonyl (C=O) groups is 1. The van der Waals surface area contributed by atoms with Crippen LogP contribution in [0.25, 0.3) is 5.69 Å². The molecule has 2 heterocycles. The summed E-state index contributed by atoms with van der Waals surface area (Å²) >= 11 is 12.4. The Morgan fingerprint density at radius 3 is 2.54 bits per heavy atom. The number of benzene rings is 1. The van der Waals surface area contributed by atoms with Crippen LogP contribution in [0.2, 0.25) is 10.0 Å². The molecule has 1 aliphatic heterocycles. The third-order valence-corrected chi connectivity index (χ3v) is 4.41. The van der Waals surface area contributed by atoms with Crippen molar-refractivity contribution < 1.29 is 4.79 Å². The highest BCUT2D eigenvalue weighted by molar-refractivity contribution is 6.37. The highest BCUT2D eigenvalue weighted by Gasteiger charge is 2.21. The summed E-state index contributed by atoms with van der Waals surface area (Å²) in [5, 5.41) is 11.4. The number of aryl methyl sites for hydroxylation is 1. The Bertz CT molecular complexity index is 708. The van der Waals surface area contributed by atoms with Gasteiger partial charge in [0.15, 0.2) is 0 Å². The Kier molecular flexibility index (Phi) is 6.46. The number of nitrogens with zero attached hydrogens (tertiary/aromatic N) is 3. The van der Waals surface area contributed by atoms with E-state index in [4.69, 9.17) is 23.2 Å². The fourth-order valence-corrected chi connectivity index (χ4v) is 3.16. The van der Waals surface area contributed by atoms with Crippen molar-refractivity contribution in [2.45, 2.75) is 25.8 Å². The van der Waals surface area contributed by atoms with Gasteiger partial charge in [-0.15, -0.1) is 17.5 Å². The van der Waals surface area contributed by atoms with Gasteiger partial charge in [0.05, 0.1) is 10.0 Å². The van der Waals surface area contributed by atoms with E-state index in [1.54, 1.807) is 25.1 Å². The van der Waals surface area contributed by atoms with Crippen LogP contribution in [-0.4, -0.2) is 39.8 Å². The van der Waals surface area contributed by atoms with Crippen molar-refractivity contribution in [3.63, 3.8) is 0 Å². The first-order chi connectivity index (χ1) is 11.1. The zero-order valence-corrected chi connectivity index (χ0v) is 15.4. The van der Waals surface area contributed by atoms with Crippen molar-refractivity contribution in [2.75, 3.05) is 13.1 Å². The van der Waals surface area contributed by atoms with Crippen LogP contribution in [0.15, 0.2) is 18.2 Å². The average Bonchev–Trinajstić information content (AvgIpc) is 2.90. The van der Waals surface area contributed by atoms with E-state index in [0.717, 1.165) is 25.9 Å². The molecule has 0 saturated carbocycles. The molecule has 0 radical (unpaired) electrons. The smallest absolute Gasteiger partial charge is 0.291 e. The fourth-order valence-electron chi connectivity index (χ4n) is 2.61. The molecule has 0 spiro atoms. The molecule has 2 N–H and O–H groups in total. The molecular formula is C15H18Cl3N5O. The molecule has 130 valence electrons. The van der Waals surface area contributed by atoms with Crippen molar-refractivity contribution in [3.05, 3.63) is 39.9 Å². The van der Waals surface area contributed by atoms with Crippen LogP contribution in [0.3, 0.4) is 0 Å². The second-order valence-electron chi connectivity index (χ2n) is 5.46. The van der Waals surface area contributed by atoms with Gasteiger partial charge in [0, 0.05) is 6.04 Å². The van der Waals surface area contributed by atoms with E-state index in [9.17, 15) is 4.79 Å². The van der Waals surface area contributed by atoms with E-state index in [-0.39, 0.29) is 30.2 Å². The Labute approximate surface area is 156 Å². The van der Waals surface area contributed by atoms with Crippen LogP contribution in [0.4, 0.5) is 0 Å². The predicted molar refractivity (Wildman–Crippen MR) is 96.7 cm³/mol. The molecule has 9 heteroatoms. The first-order valence-electron chi connectivity index (χ1n) is 7.46. The Morgan fingerprint density at radius 2 is 1.92 bits per heavy atom. The number of amides is 1. The molecule has 1 aromatic carbocycles. The van der Waals surface area contributed by atoms with Crippen LogP contribution in [0, 0.1) is 6.92 Å². The standard InChI is InChI=1S/C15H17Cl2N5O.ClH/c1-9-19-14(15(23)20-10-5-7-18-8-6-10)21-22(9)13-11(16)3-2-4-12(13)17;/h2-4,10,18H,5-8H2,1H3,(H,20,23);1H. The van der Waals surface area contributed by atoms with E-state index < -0.39 is 0 Å². The van der Waals surface area contributed by atoms with Crippen LogP contribution in [0.1, 0.15) is 29.3 Å². The van der Waals surface area contributed by atoms with Crippen LogP contribution < -0.4 is 10.6 Å². The number of aromatic nitrogens is 3. The molecule has 0 atom stereocenters. The molecule has 1 fully saturated rings. The first-order valence-corrected chi connectivity index (χ1v) is 8.21. The maximum absolute atomic E-state index is 12.3. The van der Waals surface area contributed by atoms with Crippen LogP contribution in [-0.2, 0) is 0 Å². The summed E-state index contributed by atoms with van der Waals surface area (Å²) in [5.74, 6) is 0.398. The number of piperidine rings is 1. The quantitative estimate of drug-likeness (QED) is 0.845. The summed E-state index contributed by atoms with van der Waals surface area (Å²) < 4.78 is 1.50. The lowest BCUT2D eigenvalue weighted by Gasteiger charge is -2.22. The molecular weight excluding hydrogens is 373 g/mol. The highest BCUT2D eigenvalue weighted by atomic mass is 35.5. The Hall–Kier alpha value is -1.34. The van der Waals surface area contributed by atoms with Crippen LogP contribution >= 0.6 is 35.6 Å². The maximum atomic E-state index is 12.3. The van der Waals surface area contributed by atoms with Gasteiger partial charge >= 0.3 is 0 Å². The molecule has 1 aliphatic rings. The lowest BCUT2D eigenvalue weighted by atomic mass is 10.1. The second kappa shape index (κ2) is 8.16. The molecule has 1 aromatic heterocycles. The number of para-hydroxylation sites is 1. The number of rotatable bonds is 3. The first kappa shape index (κ1) is 19.0. The van der Waals surface area contributed by atoms with Crippen molar-refractivity contribution in [1.82, 2.24) is 25.4 Å². The zero-order chi connectivity index (χ0) is 16.4. The molecule has 1 amide bonds. The predicted octanol–water partition coefficient (Wildman–Crippen LogP) is 2.79. The van der Waals surface area contributed by atoms with E-state index in [1.807, 2.05) is 0 Å². The SMILES string of the molecule is Cc1nc(C(=O)NC2CCNCC2)nn1-c1c(Cl)cccc1Cl.Cl. The minimum absolute atomic E-state index is 0. The number of halogens is 3. The van der Waals surface area contributed by atoms with Gasteiger partial charge in [0.1, 0.15) is 11.5 Å². The van der Waals surface area contributed by atoms with Gasteiger partial charge in [0.25, 0.3) is 5.91 Å². The topological polar surface area (TPSA) is 71.8 Å². The van der Waals surface area contributed by atoms with Gasteiger partial charge in [-0.25, -0.2) is 9.67 Å². The molecule has 1 saturated heterocycles. The van der Waals surface area contributed by atoms with E-state index >= 15 is 0 Å². The molecule has 0 unspecified atom stereocenters. The summed E-state index contributed by atoms with van der Waals surface area (Å²) in [6, 6.07) is 5.35. The summed E-state index contributed by atoms with van der Waals surface area (Å²) in [5.41, 5.74) is 0.529. The largest absolute Gasteiger partial charge is 0.346 e. The summed E-state index contributed by atoms with van der Waals surface area (Å²) in [6.07, 6.45) is 1.81. The van der Waals surface area contributed by atoms with Gasteiger partial charge in [-0.2, -0.15) is 0 Å². The average molecular weight is 391 g/mol. The maximum Gasteiger partial charge on any atom is 0.291 e. The van der Waals surface area contributed by atoms with Crippen LogP contribution in [0.5, 0.6) is 0 Å². The Balaban J connectivity index is 0.00000208. The molecule has 2 aromatic rings. The fraction of sp³-hybridized carbons (Fsp3) is 0.400. The normalized spacial score (nSPS) is 15.0. The summed E-state index contributed by atoms with van der Waals surface area (Å²) in [6.45, 7) is 3.57. The lowest BCUT2D eigenvalue weighted by molar-refractivity contribution is 0.0919. The van der Waals surface area contributed by atoms with Crippen molar-refractivity contribution in [1.29, 1.82) is 0 Å². The summed E-state index contributed by atoms with van der Waals surface area (Å²) in [4.78, 5) is 16.6. The monoisotopic (exact) mass is 389 g/mol. The Morgan fingerprint density at radius 1 is 1.29 bits per heavy atom. The number of hydrogen-bond acceptors (Lipinski definition) is 4. The zero-order valence-electron chi connectivity index (χ0n) is 13.1. The number of carbonyl (C=O) groups excluding carboxylic acids is 1. The van der Waals surface area contributed by atoms with Crippen molar-refractivity contribution in [3.8, 4) is 5.69 Å². The van der Waals surface area contributed by atoms with E-state index in [2.05, 4.69) is 20.7 Å².